The third-order valence-electron chi connectivity index (χ3n) is 4.65. The molecule has 21 heavy (non-hydrogen) atoms. The van der Waals surface area contributed by atoms with Crippen molar-refractivity contribution in [2.75, 3.05) is 0 Å². The van der Waals surface area contributed by atoms with Crippen LogP contribution < -0.4 is 0 Å². The first-order chi connectivity index (χ1) is 10.3. The number of rotatable bonds is 2. The van der Waals surface area contributed by atoms with Crippen molar-refractivity contribution in [2.45, 2.75) is 51.0 Å². The van der Waals surface area contributed by atoms with Gasteiger partial charge in [-0.15, -0.1) is 11.3 Å². The zero-order valence-corrected chi connectivity index (χ0v) is 12.9. The van der Waals surface area contributed by atoms with Gasteiger partial charge in [-0.2, -0.15) is 0 Å². The van der Waals surface area contributed by atoms with Gasteiger partial charge in [-0.1, -0.05) is 25.2 Å². The molecule has 2 aromatic rings. The summed E-state index contributed by atoms with van der Waals surface area (Å²) in [4.78, 5) is 5.40. The predicted molar refractivity (Wildman–Crippen MR) is 84.2 cm³/mol. The second kappa shape index (κ2) is 5.47. The fourth-order valence-corrected chi connectivity index (χ4v) is 4.03. The highest BCUT2D eigenvalue weighted by atomic mass is 32.1. The van der Waals surface area contributed by atoms with Gasteiger partial charge in [0.1, 0.15) is 5.69 Å². The molecule has 2 saturated carbocycles. The van der Waals surface area contributed by atoms with Gasteiger partial charge in [0.2, 0.25) is 0 Å². The highest BCUT2D eigenvalue weighted by molar-refractivity contribution is 7.15. The van der Waals surface area contributed by atoms with Crippen LogP contribution in [-0.4, -0.2) is 14.5 Å². The SMILES string of the molecule is OC(c1cnc2scc(C#CC3CC3)n12)C1CCCCC1. The van der Waals surface area contributed by atoms with E-state index in [1.54, 1.807) is 11.3 Å². The summed E-state index contributed by atoms with van der Waals surface area (Å²) in [5.74, 6) is 7.57. The summed E-state index contributed by atoms with van der Waals surface area (Å²) < 4.78 is 2.07. The van der Waals surface area contributed by atoms with Gasteiger partial charge in [0.05, 0.1) is 18.0 Å². The van der Waals surface area contributed by atoms with Crippen molar-refractivity contribution in [3.05, 3.63) is 23.0 Å². The largest absolute Gasteiger partial charge is 0.387 e. The number of aromatic nitrogens is 2. The van der Waals surface area contributed by atoms with E-state index in [2.05, 4.69) is 26.6 Å². The molecule has 1 unspecified atom stereocenters. The van der Waals surface area contributed by atoms with Gasteiger partial charge in [0, 0.05) is 11.3 Å². The van der Waals surface area contributed by atoms with E-state index in [4.69, 9.17) is 0 Å². The third kappa shape index (κ3) is 2.61. The first kappa shape index (κ1) is 13.4. The lowest BCUT2D eigenvalue weighted by Crippen LogP contribution is -2.17. The van der Waals surface area contributed by atoms with Crippen molar-refractivity contribution < 1.29 is 5.11 Å². The smallest absolute Gasteiger partial charge is 0.194 e. The fourth-order valence-electron chi connectivity index (χ4n) is 3.22. The Morgan fingerprint density at radius 2 is 2.05 bits per heavy atom. The van der Waals surface area contributed by atoms with Gasteiger partial charge >= 0.3 is 0 Å². The van der Waals surface area contributed by atoms with Crippen LogP contribution in [0.4, 0.5) is 0 Å². The average molecular weight is 300 g/mol. The molecule has 0 aromatic carbocycles. The van der Waals surface area contributed by atoms with Crippen LogP contribution in [0.15, 0.2) is 11.6 Å². The predicted octanol–water partition coefficient (Wildman–Crippen LogP) is 3.77. The van der Waals surface area contributed by atoms with Gasteiger partial charge in [-0.05, 0) is 37.5 Å². The van der Waals surface area contributed by atoms with E-state index in [9.17, 15) is 5.11 Å². The molecule has 0 aliphatic heterocycles. The van der Waals surface area contributed by atoms with Crippen LogP contribution in [0.2, 0.25) is 0 Å². The van der Waals surface area contributed by atoms with Crippen molar-refractivity contribution in [2.24, 2.45) is 11.8 Å². The normalized spacial score (nSPS) is 21.2. The van der Waals surface area contributed by atoms with Crippen molar-refractivity contribution in [1.29, 1.82) is 0 Å². The van der Waals surface area contributed by atoms with Gasteiger partial charge in [0.25, 0.3) is 0 Å². The molecule has 0 saturated heterocycles. The molecule has 4 rings (SSSR count). The van der Waals surface area contributed by atoms with E-state index in [1.165, 1.54) is 32.1 Å². The van der Waals surface area contributed by atoms with Crippen molar-refractivity contribution in [1.82, 2.24) is 9.38 Å². The Hall–Kier alpha value is -1.31. The first-order valence-electron chi connectivity index (χ1n) is 7.97. The Labute approximate surface area is 129 Å². The molecule has 0 spiro atoms. The van der Waals surface area contributed by atoms with Crippen LogP contribution in [-0.2, 0) is 0 Å². The number of nitrogens with zero attached hydrogens (tertiary/aromatic N) is 2. The molecule has 2 aliphatic rings. The number of hydrogen-bond acceptors (Lipinski definition) is 3. The molecule has 0 bridgehead atoms. The second-order valence-corrected chi connectivity index (χ2v) is 7.15. The Morgan fingerprint density at radius 3 is 2.81 bits per heavy atom. The van der Waals surface area contributed by atoms with E-state index in [1.807, 2.05) is 6.20 Å². The molecule has 0 amide bonds. The molecule has 110 valence electrons. The Morgan fingerprint density at radius 1 is 1.24 bits per heavy atom. The zero-order valence-electron chi connectivity index (χ0n) is 12.1. The quantitative estimate of drug-likeness (QED) is 0.857. The Kier molecular flexibility index (Phi) is 3.48. The topological polar surface area (TPSA) is 37.5 Å². The summed E-state index contributed by atoms with van der Waals surface area (Å²) in [7, 11) is 0. The summed E-state index contributed by atoms with van der Waals surface area (Å²) in [5.41, 5.74) is 1.92. The highest BCUT2D eigenvalue weighted by Crippen LogP contribution is 2.35. The molecular formula is C17H20N2OS. The van der Waals surface area contributed by atoms with E-state index in [-0.39, 0.29) is 0 Å². The minimum absolute atomic E-state index is 0.378. The van der Waals surface area contributed by atoms with Crippen molar-refractivity contribution >= 4 is 16.3 Å². The highest BCUT2D eigenvalue weighted by Gasteiger charge is 2.26. The van der Waals surface area contributed by atoms with Crippen LogP contribution in [0, 0.1) is 23.7 Å². The molecule has 2 fully saturated rings. The minimum Gasteiger partial charge on any atom is -0.387 e. The lowest BCUT2D eigenvalue weighted by molar-refractivity contribution is 0.0804. The van der Waals surface area contributed by atoms with Gasteiger partial charge in [0.15, 0.2) is 4.96 Å². The second-order valence-electron chi connectivity index (χ2n) is 6.31. The molecule has 1 N–H and O–H groups in total. The number of aliphatic hydroxyl groups is 1. The summed E-state index contributed by atoms with van der Waals surface area (Å²) >= 11 is 1.61. The summed E-state index contributed by atoms with van der Waals surface area (Å²) in [5, 5.41) is 12.8. The average Bonchev–Trinajstić information content (AvgIpc) is 3.12. The number of aliphatic hydroxyl groups excluding tert-OH is 1. The lowest BCUT2D eigenvalue weighted by atomic mass is 9.84. The Balaban J connectivity index is 1.67. The summed E-state index contributed by atoms with van der Waals surface area (Å²) in [6.45, 7) is 0. The van der Waals surface area contributed by atoms with Crippen molar-refractivity contribution in [3.63, 3.8) is 0 Å². The van der Waals surface area contributed by atoms with Crippen LogP contribution >= 0.6 is 11.3 Å². The van der Waals surface area contributed by atoms with E-state index in [0.29, 0.717) is 11.8 Å². The maximum absolute atomic E-state index is 10.8. The maximum atomic E-state index is 10.8. The monoisotopic (exact) mass is 300 g/mol. The number of thiazole rings is 1. The molecule has 2 aliphatic carbocycles. The van der Waals surface area contributed by atoms with Crippen LogP contribution in [0.25, 0.3) is 4.96 Å². The van der Waals surface area contributed by atoms with Crippen LogP contribution in [0.1, 0.15) is 62.4 Å². The van der Waals surface area contributed by atoms with Crippen LogP contribution in [0.5, 0.6) is 0 Å². The number of hydrogen-bond donors (Lipinski definition) is 1. The zero-order chi connectivity index (χ0) is 14.2. The van der Waals surface area contributed by atoms with Gasteiger partial charge in [-0.25, -0.2) is 4.98 Å². The third-order valence-corrected chi connectivity index (χ3v) is 5.49. The van der Waals surface area contributed by atoms with E-state index >= 15 is 0 Å². The number of imidazole rings is 1. The van der Waals surface area contributed by atoms with Crippen molar-refractivity contribution in [3.8, 4) is 11.8 Å². The molecule has 2 aromatic heterocycles. The van der Waals surface area contributed by atoms with Gasteiger partial charge in [-0.3, -0.25) is 4.40 Å². The first-order valence-corrected chi connectivity index (χ1v) is 8.85. The lowest BCUT2D eigenvalue weighted by Gasteiger charge is -2.26. The number of fused-ring (bicyclic) bond motifs is 1. The summed E-state index contributed by atoms with van der Waals surface area (Å²) in [6.07, 6.45) is 9.95. The van der Waals surface area contributed by atoms with Gasteiger partial charge < -0.3 is 5.11 Å². The fraction of sp³-hybridized carbons (Fsp3) is 0.588. The molecule has 1 atom stereocenters. The molecule has 3 nitrogen and oxygen atoms in total. The molecule has 2 heterocycles. The summed E-state index contributed by atoms with van der Waals surface area (Å²) in [6, 6.07) is 0. The maximum Gasteiger partial charge on any atom is 0.194 e. The molecular weight excluding hydrogens is 280 g/mol. The molecule has 0 radical (unpaired) electrons. The van der Waals surface area contributed by atoms with E-state index < -0.39 is 6.10 Å². The molecule has 4 heteroatoms. The van der Waals surface area contributed by atoms with E-state index in [0.717, 1.165) is 29.2 Å². The Bertz CT molecular complexity index is 695. The standard InChI is InChI=1S/C17H20N2OS/c20-16(13-4-2-1-3-5-13)15-10-18-17-19(15)14(11-21-17)9-8-12-6-7-12/h10-13,16,20H,1-7H2. The minimum atomic E-state index is -0.406. The van der Waals surface area contributed by atoms with Crippen LogP contribution in [0.3, 0.4) is 0 Å².